The first-order valence-corrected chi connectivity index (χ1v) is 7.26. The van der Waals surface area contributed by atoms with Gasteiger partial charge in [0.1, 0.15) is 5.82 Å². The van der Waals surface area contributed by atoms with Crippen LogP contribution in [0.4, 0.5) is 10.1 Å². The van der Waals surface area contributed by atoms with E-state index in [9.17, 15) is 4.39 Å². The zero-order valence-electron chi connectivity index (χ0n) is 13.4. The summed E-state index contributed by atoms with van der Waals surface area (Å²) < 4.78 is 14.3. The fraction of sp³-hybridized carbons (Fsp3) is 0.625. The largest absolute Gasteiger partial charge is 0.368 e. The average molecular weight is 281 g/mol. The van der Waals surface area contributed by atoms with Gasteiger partial charge in [-0.1, -0.05) is 19.9 Å². The maximum Gasteiger partial charge on any atom is 0.146 e. The first-order valence-electron chi connectivity index (χ1n) is 7.26. The summed E-state index contributed by atoms with van der Waals surface area (Å²) in [5.74, 6) is 0.380. The number of nitrogens with one attached hydrogen (secondary N) is 1. The molecule has 0 aromatic heterocycles. The molecule has 0 aliphatic rings. The maximum absolute atomic E-state index is 14.3. The number of hydrogen-bond donors (Lipinski definition) is 1. The van der Waals surface area contributed by atoms with Crippen molar-refractivity contribution >= 4 is 5.69 Å². The van der Waals surface area contributed by atoms with Crippen LogP contribution in [0.2, 0.25) is 0 Å². The van der Waals surface area contributed by atoms with Crippen molar-refractivity contribution < 1.29 is 4.39 Å². The van der Waals surface area contributed by atoms with Crippen molar-refractivity contribution in [1.29, 1.82) is 0 Å². The van der Waals surface area contributed by atoms with Crippen LogP contribution in [0.15, 0.2) is 18.2 Å². The molecule has 1 rings (SSSR count). The van der Waals surface area contributed by atoms with Crippen LogP contribution in [0.25, 0.3) is 0 Å². The Labute approximate surface area is 122 Å². The first-order chi connectivity index (χ1) is 9.43. The SMILES string of the molecule is CNCc1ccc(N(CCN(C)C)CC(C)C)c(F)c1. The van der Waals surface area contributed by atoms with Crippen molar-refractivity contribution in [3.05, 3.63) is 29.6 Å². The molecule has 0 saturated heterocycles. The van der Waals surface area contributed by atoms with Gasteiger partial charge in [-0.3, -0.25) is 0 Å². The third kappa shape index (κ3) is 5.47. The molecular formula is C16H28FN3. The Bertz CT molecular complexity index is 405. The van der Waals surface area contributed by atoms with Gasteiger partial charge in [0.05, 0.1) is 5.69 Å². The zero-order chi connectivity index (χ0) is 15.1. The van der Waals surface area contributed by atoms with E-state index in [1.165, 1.54) is 0 Å². The van der Waals surface area contributed by atoms with E-state index in [0.717, 1.165) is 25.2 Å². The van der Waals surface area contributed by atoms with Crippen molar-refractivity contribution in [3.8, 4) is 0 Å². The van der Waals surface area contributed by atoms with E-state index < -0.39 is 0 Å². The predicted octanol–water partition coefficient (Wildman–Crippen LogP) is 2.57. The van der Waals surface area contributed by atoms with Gasteiger partial charge in [-0.2, -0.15) is 0 Å². The summed E-state index contributed by atoms with van der Waals surface area (Å²) in [6, 6.07) is 5.53. The van der Waals surface area contributed by atoms with E-state index in [-0.39, 0.29) is 5.82 Å². The molecule has 0 bridgehead atoms. The molecular weight excluding hydrogens is 253 g/mol. The summed E-state index contributed by atoms with van der Waals surface area (Å²) in [5.41, 5.74) is 1.69. The van der Waals surface area contributed by atoms with Gasteiger partial charge in [0, 0.05) is 26.2 Å². The van der Waals surface area contributed by atoms with Gasteiger partial charge in [0.2, 0.25) is 0 Å². The quantitative estimate of drug-likeness (QED) is 0.790. The molecule has 0 spiro atoms. The minimum absolute atomic E-state index is 0.128. The lowest BCUT2D eigenvalue weighted by Crippen LogP contribution is -2.35. The number of likely N-dealkylation sites (N-methyl/N-ethyl adjacent to an activating group) is 1. The van der Waals surface area contributed by atoms with E-state index >= 15 is 0 Å². The summed E-state index contributed by atoms with van der Waals surface area (Å²) in [5, 5.41) is 3.05. The second kappa shape index (κ2) is 8.22. The highest BCUT2D eigenvalue weighted by Gasteiger charge is 2.13. The minimum Gasteiger partial charge on any atom is -0.368 e. The highest BCUT2D eigenvalue weighted by molar-refractivity contribution is 5.49. The van der Waals surface area contributed by atoms with Gasteiger partial charge >= 0.3 is 0 Å². The topological polar surface area (TPSA) is 18.5 Å². The molecule has 0 heterocycles. The third-order valence-electron chi connectivity index (χ3n) is 3.14. The molecule has 1 N–H and O–H groups in total. The molecule has 1 aromatic rings. The molecule has 0 saturated carbocycles. The van der Waals surface area contributed by atoms with E-state index in [1.54, 1.807) is 6.07 Å². The Hall–Kier alpha value is -1.13. The molecule has 0 radical (unpaired) electrons. The summed E-state index contributed by atoms with van der Waals surface area (Å²) in [4.78, 5) is 4.27. The van der Waals surface area contributed by atoms with Crippen LogP contribution in [0.1, 0.15) is 19.4 Å². The van der Waals surface area contributed by atoms with Crippen LogP contribution in [0, 0.1) is 11.7 Å². The fourth-order valence-electron chi connectivity index (χ4n) is 2.19. The molecule has 114 valence electrons. The van der Waals surface area contributed by atoms with Crippen LogP contribution in [0.3, 0.4) is 0 Å². The predicted molar refractivity (Wildman–Crippen MR) is 84.8 cm³/mol. The Kier molecular flexibility index (Phi) is 6.96. The highest BCUT2D eigenvalue weighted by atomic mass is 19.1. The first kappa shape index (κ1) is 16.9. The third-order valence-corrected chi connectivity index (χ3v) is 3.14. The van der Waals surface area contributed by atoms with E-state index in [4.69, 9.17) is 0 Å². The molecule has 0 aliphatic carbocycles. The molecule has 1 aromatic carbocycles. The fourth-order valence-corrected chi connectivity index (χ4v) is 2.19. The maximum atomic E-state index is 14.3. The van der Waals surface area contributed by atoms with E-state index in [1.807, 2.05) is 33.3 Å². The molecule has 0 aliphatic heterocycles. The minimum atomic E-state index is -0.128. The van der Waals surface area contributed by atoms with E-state index in [2.05, 4.69) is 29.0 Å². The molecule has 0 fully saturated rings. The van der Waals surface area contributed by atoms with Crippen molar-refractivity contribution in [2.45, 2.75) is 20.4 Å². The summed E-state index contributed by atoms with van der Waals surface area (Å²) in [6.45, 7) is 7.65. The molecule has 20 heavy (non-hydrogen) atoms. The molecule has 4 heteroatoms. The van der Waals surface area contributed by atoms with Crippen LogP contribution >= 0.6 is 0 Å². The van der Waals surface area contributed by atoms with Crippen LogP contribution in [-0.2, 0) is 6.54 Å². The smallest absolute Gasteiger partial charge is 0.146 e. The van der Waals surface area contributed by atoms with Gasteiger partial charge in [-0.05, 0) is 44.8 Å². The number of benzene rings is 1. The van der Waals surface area contributed by atoms with Gasteiger partial charge in [0.25, 0.3) is 0 Å². The normalized spacial score (nSPS) is 11.4. The lowest BCUT2D eigenvalue weighted by molar-refractivity contribution is 0.407. The molecule has 0 unspecified atom stereocenters. The van der Waals surface area contributed by atoms with Gasteiger partial charge in [0.15, 0.2) is 0 Å². The monoisotopic (exact) mass is 281 g/mol. The van der Waals surface area contributed by atoms with Gasteiger partial charge in [-0.15, -0.1) is 0 Å². The average Bonchev–Trinajstić information content (AvgIpc) is 2.35. The second-order valence-corrected chi connectivity index (χ2v) is 5.96. The van der Waals surface area contributed by atoms with E-state index in [0.29, 0.717) is 18.2 Å². The number of rotatable bonds is 8. The number of nitrogens with zero attached hydrogens (tertiary/aromatic N) is 2. The van der Waals surface area contributed by atoms with Crippen molar-refractivity contribution in [3.63, 3.8) is 0 Å². The Morgan fingerprint density at radius 2 is 1.90 bits per heavy atom. The molecule has 0 amide bonds. The Morgan fingerprint density at radius 3 is 2.40 bits per heavy atom. The summed E-state index contributed by atoms with van der Waals surface area (Å²) in [6.07, 6.45) is 0. The Balaban J connectivity index is 2.88. The van der Waals surface area contributed by atoms with Gasteiger partial charge in [-0.25, -0.2) is 4.39 Å². The number of anilines is 1. The summed E-state index contributed by atoms with van der Waals surface area (Å²) >= 11 is 0. The summed E-state index contributed by atoms with van der Waals surface area (Å²) in [7, 11) is 5.95. The number of hydrogen-bond acceptors (Lipinski definition) is 3. The zero-order valence-corrected chi connectivity index (χ0v) is 13.4. The van der Waals surface area contributed by atoms with Crippen molar-refractivity contribution in [1.82, 2.24) is 10.2 Å². The van der Waals surface area contributed by atoms with Gasteiger partial charge < -0.3 is 15.1 Å². The van der Waals surface area contributed by atoms with Crippen LogP contribution in [-0.4, -0.2) is 45.7 Å². The molecule has 3 nitrogen and oxygen atoms in total. The Morgan fingerprint density at radius 1 is 1.20 bits per heavy atom. The number of halogens is 1. The standard InChI is InChI=1S/C16H28FN3/c1-13(2)12-20(9-8-19(4)5)16-7-6-14(11-18-3)10-15(16)17/h6-7,10,13,18H,8-9,11-12H2,1-5H3. The van der Waals surface area contributed by atoms with Crippen molar-refractivity contribution in [2.75, 3.05) is 45.7 Å². The van der Waals surface area contributed by atoms with Crippen LogP contribution < -0.4 is 10.2 Å². The highest BCUT2D eigenvalue weighted by Crippen LogP contribution is 2.21. The van der Waals surface area contributed by atoms with Crippen molar-refractivity contribution in [2.24, 2.45) is 5.92 Å². The van der Waals surface area contributed by atoms with Crippen LogP contribution in [0.5, 0.6) is 0 Å². The second-order valence-electron chi connectivity index (χ2n) is 5.96. The molecule has 0 atom stereocenters. The lowest BCUT2D eigenvalue weighted by atomic mass is 10.1. The lowest BCUT2D eigenvalue weighted by Gasteiger charge is -2.28.